The van der Waals surface area contributed by atoms with Crippen molar-refractivity contribution in [1.29, 1.82) is 0 Å². The Morgan fingerprint density at radius 2 is 2.15 bits per heavy atom. The van der Waals surface area contributed by atoms with Gasteiger partial charge in [-0.05, 0) is 12.1 Å². The topological polar surface area (TPSA) is 49.1 Å². The Morgan fingerprint density at radius 3 is 2.85 bits per heavy atom. The number of hydrogen-bond donors (Lipinski definition) is 0. The number of methoxy groups -OCH3 is 1. The van der Waals surface area contributed by atoms with E-state index in [2.05, 4.69) is 15.4 Å². The average molecular weight is 174 g/mol. The van der Waals surface area contributed by atoms with Crippen LogP contribution in [0.15, 0.2) is 30.5 Å². The maximum Gasteiger partial charge on any atom is 0.128 e. The van der Waals surface area contributed by atoms with Gasteiger partial charge < -0.3 is 20.1 Å². The fraction of sp³-hybridized carbons (Fsp3) is 0.111. The summed E-state index contributed by atoms with van der Waals surface area (Å²) < 4.78 is 5.17. The summed E-state index contributed by atoms with van der Waals surface area (Å²) in [7, 11) is 1.63. The number of aromatic nitrogens is 3. The molecule has 1 aromatic carbocycles. The van der Waals surface area contributed by atoms with Crippen LogP contribution in [-0.4, -0.2) is 17.3 Å². The van der Waals surface area contributed by atoms with Gasteiger partial charge in [0.1, 0.15) is 5.75 Å². The molecule has 0 radical (unpaired) electrons. The van der Waals surface area contributed by atoms with E-state index >= 15 is 0 Å². The molecule has 0 saturated carbocycles. The van der Waals surface area contributed by atoms with Crippen LogP contribution in [0.1, 0.15) is 0 Å². The summed E-state index contributed by atoms with van der Waals surface area (Å²) in [5, 5.41) is 11.0. The van der Waals surface area contributed by atoms with Crippen molar-refractivity contribution in [2.45, 2.75) is 0 Å². The van der Waals surface area contributed by atoms with Crippen molar-refractivity contribution >= 4 is 0 Å². The van der Waals surface area contributed by atoms with Gasteiger partial charge in [0.15, 0.2) is 0 Å². The average Bonchev–Trinajstić information content (AvgIpc) is 2.70. The highest BCUT2D eigenvalue weighted by atomic mass is 16.5. The molecule has 13 heavy (non-hydrogen) atoms. The van der Waals surface area contributed by atoms with Crippen molar-refractivity contribution in [1.82, 2.24) is 15.4 Å². The summed E-state index contributed by atoms with van der Waals surface area (Å²) in [5.74, 6) is 0.782. The number of para-hydroxylation sites is 1. The lowest BCUT2D eigenvalue weighted by atomic mass is 10.1. The molecule has 0 spiro atoms. The molecule has 0 aliphatic rings. The van der Waals surface area contributed by atoms with Gasteiger partial charge in [0, 0.05) is 11.8 Å². The van der Waals surface area contributed by atoms with Gasteiger partial charge in [0.25, 0.3) is 0 Å². The van der Waals surface area contributed by atoms with Crippen LogP contribution >= 0.6 is 0 Å². The van der Waals surface area contributed by atoms with Gasteiger partial charge in [-0.25, -0.2) is 0 Å². The zero-order valence-corrected chi connectivity index (χ0v) is 7.14. The van der Waals surface area contributed by atoms with Crippen molar-refractivity contribution in [2.24, 2.45) is 0 Å². The van der Waals surface area contributed by atoms with Crippen molar-refractivity contribution < 1.29 is 4.74 Å². The zero-order chi connectivity index (χ0) is 9.10. The summed E-state index contributed by atoms with van der Waals surface area (Å²) in [5.41, 5.74) is 1.65. The van der Waals surface area contributed by atoms with E-state index < -0.39 is 0 Å². The first kappa shape index (κ1) is 7.79. The summed E-state index contributed by atoms with van der Waals surface area (Å²) in [6.45, 7) is 0. The molecule has 0 atom stereocenters. The Morgan fingerprint density at radius 1 is 1.31 bits per heavy atom. The van der Waals surface area contributed by atoms with Gasteiger partial charge in [-0.1, -0.05) is 12.1 Å². The van der Waals surface area contributed by atoms with E-state index in [1.54, 1.807) is 13.3 Å². The second kappa shape index (κ2) is 3.26. The first-order valence-corrected chi connectivity index (χ1v) is 3.86. The van der Waals surface area contributed by atoms with E-state index in [1.807, 2.05) is 24.3 Å². The fourth-order valence-corrected chi connectivity index (χ4v) is 1.16. The molecule has 0 N–H and O–H groups in total. The van der Waals surface area contributed by atoms with Crippen LogP contribution in [0.5, 0.6) is 5.75 Å². The number of rotatable bonds is 2. The lowest BCUT2D eigenvalue weighted by Gasteiger charge is -2.05. The predicted molar refractivity (Wildman–Crippen MR) is 47.3 cm³/mol. The summed E-state index contributed by atoms with van der Waals surface area (Å²) in [4.78, 5) is 0. The van der Waals surface area contributed by atoms with Crippen LogP contribution in [0.25, 0.3) is 11.3 Å². The monoisotopic (exact) mass is 174 g/mol. The number of benzene rings is 1. The molecular weight excluding hydrogens is 166 g/mol. The minimum atomic E-state index is 0.734. The quantitative estimate of drug-likeness (QED) is 0.684. The van der Waals surface area contributed by atoms with E-state index in [0.717, 1.165) is 17.0 Å². The van der Waals surface area contributed by atoms with Gasteiger partial charge in [-0.3, -0.25) is 0 Å². The van der Waals surface area contributed by atoms with E-state index in [1.165, 1.54) is 0 Å². The van der Waals surface area contributed by atoms with Crippen molar-refractivity contribution in [3.05, 3.63) is 30.5 Å². The first-order chi connectivity index (χ1) is 6.42. The standard InChI is InChI=1S/C9H8N3O/c1-13-9-5-3-2-4-7(9)8-6-10-12-11-8/h2-6H,1H3/q-1. The fourth-order valence-electron chi connectivity index (χ4n) is 1.16. The van der Waals surface area contributed by atoms with Crippen LogP contribution in [-0.2, 0) is 0 Å². The van der Waals surface area contributed by atoms with E-state index in [-0.39, 0.29) is 0 Å². The number of hydrogen-bond acceptors (Lipinski definition) is 3. The summed E-state index contributed by atoms with van der Waals surface area (Å²) in [6.07, 6.45) is 1.61. The third-order valence-corrected chi connectivity index (χ3v) is 1.77. The Bertz CT molecular complexity index is 384. The third-order valence-electron chi connectivity index (χ3n) is 1.77. The van der Waals surface area contributed by atoms with Crippen LogP contribution in [0.2, 0.25) is 0 Å². The molecule has 0 unspecified atom stereocenters. The normalized spacial score (nSPS) is 9.92. The number of ether oxygens (including phenoxy) is 1. The second-order valence-corrected chi connectivity index (χ2v) is 2.52. The van der Waals surface area contributed by atoms with Crippen molar-refractivity contribution in [2.75, 3.05) is 7.11 Å². The lowest BCUT2D eigenvalue weighted by Crippen LogP contribution is -1.87. The molecule has 0 fully saturated rings. The second-order valence-electron chi connectivity index (χ2n) is 2.52. The smallest absolute Gasteiger partial charge is 0.128 e. The molecule has 0 amide bonds. The van der Waals surface area contributed by atoms with Gasteiger partial charge in [0.05, 0.1) is 12.8 Å². The zero-order valence-electron chi connectivity index (χ0n) is 7.14. The Hall–Kier alpha value is -1.84. The molecule has 66 valence electrons. The van der Waals surface area contributed by atoms with Gasteiger partial charge in [-0.15, -0.1) is 0 Å². The molecule has 2 rings (SSSR count). The molecule has 4 nitrogen and oxygen atoms in total. The van der Waals surface area contributed by atoms with Crippen LogP contribution < -0.4 is 9.95 Å². The molecule has 1 aromatic heterocycles. The Balaban J connectivity index is 2.51. The van der Waals surface area contributed by atoms with Gasteiger partial charge in [0.2, 0.25) is 0 Å². The molecule has 0 bridgehead atoms. The highest BCUT2D eigenvalue weighted by Crippen LogP contribution is 2.26. The highest BCUT2D eigenvalue weighted by Gasteiger charge is 2.03. The van der Waals surface area contributed by atoms with E-state index in [4.69, 9.17) is 4.74 Å². The Labute approximate surface area is 75.6 Å². The van der Waals surface area contributed by atoms with E-state index in [9.17, 15) is 0 Å². The predicted octanol–water partition coefficient (Wildman–Crippen LogP) is 1.11. The molecule has 2 aromatic rings. The minimum Gasteiger partial charge on any atom is -0.496 e. The van der Waals surface area contributed by atoms with Crippen LogP contribution in [0.3, 0.4) is 0 Å². The molecule has 0 aliphatic heterocycles. The highest BCUT2D eigenvalue weighted by molar-refractivity contribution is 5.65. The molecule has 0 aliphatic carbocycles. The lowest BCUT2D eigenvalue weighted by molar-refractivity contribution is 0.416. The Kier molecular flexibility index (Phi) is 1.96. The van der Waals surface area contributed by atoms with E-state index in [0.29, 0.717) is 0 Å². The molecule has 1 heterocycles. The van der Waals surface area contributed by atoms with Gasteiger partial charge >= 0.3 is 0 Å². The third kappa shape index (κ3) is 1.38. The van der Waals surface area contributed by atoms with Crippen molar-refractivity contribution in [3.63, 3.8) is 0 Å². The minimum absolute atomic E-state index is 0.734. The molecule has 4 heteroatoms. The molecule has 0 saturated heterocycles. The maximum absolute atomic E-state index is 5.17. The summed E-state index contributed by atoms with van der Waals surface area (Å²) >= 11 is 0. The van der Waals surface area contributed by atoms with Crippen LogP contribution in [0.4, 0.5) is 0 Å². The SMILES string of the molecule is COc1ccccc1-c1cn[n-]n1. The molecular formula is C9H8N3O-. The number of nitrogens with zero attached hydrogens (tertiary/aromatic N) is 3. The summed E-state index contributed by atoms with van der Waals surface area (Å²) in [6, 6.07) is 7.63. The van der Waals surface area contributed by atoms with Crippen LogP contribution in [0, 0.1) is 0 Å². The van der Waals surface area contributed by atoms with Crippen molar-refractivity contribution in [3.8, 4) is 17.0 Å². The van der Waals surface area contributed by atoms with Gasteiger partial charge in [-0.2, -0.15) is 0 Å². The largest absolute Gasteiger partial charge is 0.496 e. The first-order valence-electron chi connectivity index (χ1n) is 3.86. The maximum atomic E-state index is 5.17.